The molecule has 1 saturated heterocycles. The highest BCUT2D eigenvalue weighted by Gasteiger charge is 2.17. The highest BCUT2D eigenvalue weighted by molar-refractivity contribution is 9.10. The first-order valence-electron chi connectivity index (χ1n) is 11.3. The summed E-state index contributed by atoms with van der Waals surface area (Å²) in [5.74, 6) is 0. The summed E-state index contributed by atoms with van der Waals surface area (Å²) in [7, 11) is 2.19. The van der Waals surface area contributed by atoms with Crippen LogP contribution in [0.5, 0.6) is 0 Å². The van der Waals surface area contributed by atoms with E-state index in [1.54, 1.807) is 0 Å². The lowest BCUT2D eigenvalue weighted by molar-refractivity contribution is 0.290. The Labute approximate surface area is 200 Å². The van der Waals surface area contributed by atoms with Crippen LogP contribution in [0.2, 0.25) is 0 Å². The van der Waals surface area contributed by atoms with Crippen molar-refractivity contribution in [2.45, 2.75) is 12.8 Å². The van der Waals surface area contributed by atoms with Crippen LogP contribution in [0.25, 0.3) is 11.1 Å². The van der Waals surface area contributed by atoms with E-state index in [-0.39, 0.29) is 6.61 Å². The summed E-state index contributed by atoms with van der Waals surface area (Å²) in [4.78, 5) is 4.85. The minimum Gasteiger partial charge on any atom is -0.396 e. The molecule has 166 valence electrons. The molecule has 3 aromatic rings. The van der Waals surface area contributed by atoms with Crippen molar-refractivity contribution in [3.8, 4) is 0 Å². The molecule has 0 radical (unpaired) electrons. The van der Waals surface area contributed by atoms with E-state index in [0.717, 1.165) is 43.5 Å². The number of piperazine rings is 1. The van der Waals surface area contributed by atoms with Gasteiger partial charge in [0, 0.05) is 42.9 Å². The van der Waals surface area contributed by atoms with Crippen molar-refractivity contribution in [2.24, 2.45) is 0 Å². The molecular weight excluding hydrogens is 460 g/mol. The maximum atomic E-state index is 9.58. The van der Waals surface area contributed by atoms with Gasteiger partial charge < -0.3 is 14.9 Å². The maximum Gasteiger partial charge on any atom is 0.0434 e. The first-order valence-corrected chi connectivity index (χ1v) is 12.1. The Balaban J connectivity index is 1.78. The molecule has 0 saturated carbocycles. The molecule has 4 rings (SSSR count). The average molecular weight is 491 g/mol. The van der Waals surface area contributed by atoms with Crippen molar-refractivity contribution in [1.29, 1.82) is 0 Å². The Morgan fingerprint density at radius 1 is 0.781 bits per heavy atom. The highest BCUT2D eigenvalue weighted by Crippen LogP contribution is 2.36. The second kappa shape index (κ2) is 11.0. The van der Waals surface area contributed by atoms with Gasteiger partial charge in [0.15, 0.2) is 0 Å². The summed E-state index contributed by atoms with van der Waals surface area (Å²) in [5.41, 5.74) is 7.41. The lowest BCUT2D eigenvalue weighted by Crippen LogP contribution is -2.44. The Morgan fingerprint density at radius 2 is 1.38 bits per heavy atom. The van der Waals surface area contributed by atoms with Gasteiger partial charge in [0.2, 0.25) is 0 Å². The van der Waals surface area contributed by atoms with Gasteiger partial charge in [0.25, 0.3) is 0 Å². The fourth-order valence-corrected chi connectivity index (χ4v) is 4.61. The molecule has 0 aliphatic carbocycles. The number of anilines is 1. The Morgan fingerprint density at radius 3 is 1.97 bits per heavy atom. The molecule has 3 nitrogen and oxygen atoms in total. The van der Waals surface area contributed by atoms with Gasteiger partial charge >= 0.3 is 0 Å². The Kier molecular flexibility index (Phi) is 7.80. The van der Waals surface area contributed by atoms with Gasteiger partial charge in [0.05, 0.1) is 0 Å². The van der Waals surface area contributed by atoms with E-state index in [2.05, 4.69) is 112 Å². The summed E-state index contributed by atoms with van der Waals surface area (Å²) < 4.78 is 1.07. The molecule has 0 unspecified atom stereocenters. The Bertz CT molecular complexity index is 1020. The zero-order chi connectivity index (χ0) is 22.3. The quantitative estimate of drug-likeness (QED) is 0.415. The van der Waals surface area contributed by atoms with E-state index in [1.165, 1.54) is 33.5 Å². The van der Waals surface area contributed by atoms with Gasteiger partial charge in [-0.25, -0.2) is 0 Å². The van der Waals surface area contributed by atoms with Gasteiger partial charge in [-0.3, -0.25) is 0 Å². The van der Waals surface area contributed by atoms with Crippen molar-refractivity contribution >= 4 is 32.8 Å². The maximum absolute atomic E-state index is 9.58. The van der Waals surface area contributed by atoms with Gasteiger partial charge in [-0.05, 0) is 72.0 Å². The predicted molar refractivity (Wildman–Crippen MR) is 139 cm³/mol. The van der Waals surface area contributed by atoms with E-state index in [0.29, 0.717) is 0 Å². The highest BCUT2D eigenvalue weighted by atomic mass is 79.9. The van der Waals surface area contributed by atoms with E-state index in [9.17, 15) is 5.11 Å². The summed E-state index contributed by atoms with van der Waals surface area (Å²) in [6.07, 6.45) is 1.57. The number of benzene rings is 3. The zero-order valence-electron chi connectivity index (χ0n) is 18.7. The van der Waals surface area contributed by atoms with Crippen molar-refractivity contribution in [1.82, 2.24) is 4.90 Å². The molecule has 32 heavy (non-hydrogen) atoms. The number of allylic oxidation sites excluding steroid dienone is 1. The standard InChI is InChI=1S/C28H31BrN2O/c1-30-17-19-31(20-18-30)26-15-11-24(12-16-26)28(23-9-13-25(29)14-10-23)27(8-5-21-32)22-6-3-2-4-7-22/h2-4,6-7,9-16,32H,5,8,17-21H2,1H3/b28-27-. The smallest absolute Gasteiger partial charge is 0.0434 e. The number of rotatable bonds is 7. The minimum atomic E-state index is 0.187. The van der Waals surface area contributed by atoms with Crippen LogP contribution in [-0.2, 0) is 0 Å². The molecular formula is C28H31BrN2O. The van der Waals surface area contributed by atoms with Crippen LogP contribution in [0.4, 0.5) is 5.69 Å². The van der Waals surface area contributed by atoms with Crippen LogP contribution in [0.3, 0.4) is 0 Å². The topological polar surface area (TPSA) is 26.7 Å². The van der Waals surface area contributed by atoms with Crippen molar-refractivity contribution in [3.63, 3.8) is 0 Å². The fourth-order valence-electron chi connectivity index (χ4n) is 4.34. The molecule has 0 amide bonds. The number of hydrogen-bond donors (Lipinski definition) is 1. The molecule has 0 bridgehead atoms. The lowest BCUT2D eigenvalue weighted by Gasteiger charge is -2.34. The van der Waals surface area contributed by atoms with E-state index in [1.807, 2.05) is 0 Å². The van der Waals surface area contributed by atoms with Crippen LogP contribution >= 0.6 is 15.9 Å². The van der Waals surface area contributed by atoms with Crippen molar-refractivity contribution in [2.75, 3.05) is 44.7 Å². The molecule has 1 fully saturated rings. The summed E-state index contributed by atoms with van der Waals surface area (Å²) >= 11 is 3.57. The number of likely N-dealkylation sites (N-methyl/N-ethyl adjacent to an activating group) is 1. The average Bonchev–Trinajstić information content (AvgIpc) is 2.84. The minimum absolute atomic E-state index is 0.187. The van der Waals surface area contributed by atoms with Crippen molar-refractivity contribution < 1.29 is 5.11 Å². The normalized spacial score (nSPS) is 15.5. The van der Waals surface area contributed by atoms with Gasteiger partial charge in [-0.2, -0.15) is 0 Å². The second-order valence-corrected chi connectivity index (χ2v) is 9.31. The number of aliphatic hydroxyl groups is 1. The van der Waals surface area contributed by atoms with Crippen LogP contribution in [0, 0.1) is 0 Å². The fraction of sp³-hybridized carbons (Fsp3) is 0.286. The van der Waals surface area contributed by atoms with Crippen LogP contribution < -0.4 is 4.90 Å². The SMILES string of the molecule is CN1CCN(c2ccc(/C(=C(/CCCO)c3ccccc3)c3ccc(Br)cc3)cc2)CC1. The Hall–Kier alpha value is -2.40. The van der Waals surface area contributed by atoms with E-state index in [4.69, 9.17) is 0 Å². The van der Waals surface area contributed by atoms with Gasteiger partial charge in [-0.1, -0.05) is 70.5 Å². The monoisotopic (exact) mass is 490 g/mol. The third-order valence-corrected chi connectivity index (χ3v) is 6.69. The number of aliphatic hydroxyl groups excluding tert-OH is 1. The first-order chi connectivity index (χ1) is 15.7. The molecule has 0 spiro atoms. The summed E-state index contributed by atoms with van der Waals surface area (Å²) in [6.45, 7) is 4.52. The van der Waals surface area contributed by atoms with E-state index >= 15 is 0 Å². The van der Waals surface area contributed by atoms with E-state index < -0.39 is 0 Å². The van der Waals surface area contributed by atoms with Crippen LogP contribution in [-0.4, -0.2) is 49.8 Å². The summed E-state index contributed by atoms with van der Waals surface area (Å²) in [5, 5.41) is 9.58. The largest absolute Gasteiger partial charge is 0.396 e. The lowest BCUT2D eigenvalue weighted by atomic mass is 9.87. The molecule has 1 N–H and O–H groups in total. The molecule has 0 aromatic heterocycles. The third-order valence-electron chi connectivity index (χ3n) is 6.17. The number of hydrogen-bond acceptors (Lipinski definition) is 3. The molecule has 1 aliphatic heterocycles. The zero-order valence-corrected chi connectivity index (χ0v) is 20.3. The predicted octanol–water partition coefficient (Wildman–Crippen LogP) is 5.93. The van der Waals surface area contributed by atoms with Crippen LogP contribution in [0.15, 0.2) is 83.3 Å². The number of nitrogens with zero attached hydrogens (tertiary/aromatic N) is 2. The second-order valence-electron chi connectivity index (χ2n) is 8.39. The third kappa shape index (κ3) is 5.50. The molecule has 4 heteroatoms. The van der Waals surface area contributed by atoms with Gasteiger partial charge in [-0.15, -0.1) is 0 Å². The number of halogens is 1. The molecule has 1 heterocycles. The van der Waals surface area contributed by atoms with Gasteiger partial charge in [0.1, 0.15) is 0 Å². The first kappa shape index (κ1) is 22.8. The summed E-state index contributed by atoms with van der Waals surface area (Å²) in [6, 6.07) is 28.2. The van der Waals surface area contributed by atoms with Crippen molar-refractivity contribution in [3.05, 3.63) is 100 Å². The molecule has 0 atom stereocenters. The molecule has 3 aromatic carbocycles. The van der Waals surface area contributed by atoms with Crippen LogP contribution in [0.1, 0.15) is 29.5 Å². The molecule has 1 aliphatic rings.